The van der Waals surface area contributed by atoms with Crippen molar-refractivity contribution in [3.8, 4) is 0 Å². The second-order valence-electron chi connectivity index (χ2n) is 9.55. The number of amides is 1. The molecule has 3 aromatic carbocycles. The van der Waals surface area contributed by atoms with Crippen molar-refractivity contribution in [2.75, 3.05) is 24.5 Å². The lowest BCUT2D eigenvalue weighted by molar-refractivity contribution is -0.125. The first kappa shape index (κ1) is 21.9. The molecule has 6 heteroatoms. The van der Waals surface area contributed by atoms with Gasteiger partial charge in [-0.3, -0.25) is 9.69 Å². The lowest BCUT2D eigenvalue weighted by Gasteiger charge is -2.45. The highest BCUT2D eigenvalue weighted by Gasteiger charge is 2.38. The van der Waals surface area contributed by atoms with Crippen LogP contribution in [0.1, 0.15) is 36.4 Å². The molecule has 35 heavy (non-hydrogen) atoms. The zero-order chi connectivity index (χ0) is 23.6. The number of likely N-dealkylation sites (tertiary alicyclic amines) is 1. The zero-order valence-electron chi connectivity index (χ0n) is 19.7. The number of aromatic nitrogens is 1. The molecule has 0 bridgehead atoms. The highest BCUT2D eigenvalue weighted by Crippen LogP contribution is 2.33. The summed E-state index contributed by atoms with van der Waals surface area (Å²) in [5.74, 6) is 0.0765. The standard InChI is InChI=1S/C29H30N4O2/c34-28(25-16-9-10-18-33(25)29-31-24-15-7-8-17-26(24)35-29)30-23-19-32(20-23)27(21-11-3-1-4-12-21)22-13-5-2-6-14-22/h1-8,11-15,17,23,25,27H,9-10,16,18-20H2,(H,30,34)/t25-/m0/s1. The van der Waals surface area contributed by atoms with E-state index in [0.717, 1.165) is 50.0 Å². The Labute approximate surface area is 205 Å². The van der Waals surface area contributed by atoms with Crippen molar-refractivity contribution in [2.45, 2.75) is 37.4 Å². The SMILES string of the molecule is O=C(NC1CN(C(c2ccccc2)c2ccccc2)C1)[C@@H]1CCCCN1c1nc2ccccc2o1. The molecule has 0 unspecified atom stereocenters. The lowest BCUT2D eigenvalue weighted by atomic mass is 9.93. The molecule has 1 aromatic heterocycles. The first-order valence-corrected chi connectivity index (χ1v) is 12.5. The minimum atomic E-state index is -0.245. The highest BCUT2D eigenvalue weighted by atomic mass is 16.4. The molecule has 0 radical (unpaired) electrons. The van der Waals surface area contributed by atoms with Crippen molar-refractivity contribution < 1.29 is 9.21 Å². The van der Waals surface area contributed by atoms with Crippen LogP contribution in [0.15, 0.2) is 89.3 Å². The molecule has 0 spiro atoms. The minimum Gasteiger partial charge on any atom is -0.423 e. The van der Waals surface area contributed by atoms with E-state index in [1.54, 1.807) is 0 Å². The maximum Gasteiger partial charge on any atom is 0.299 e. The zero-order valence-corrected chi connectivity index (χ0v) is 19.7. The van der Waals surface area contributed by atoms with Crippen molar-refractivity contribution in [1.82, 2.24) is 15.2 Å². The highest BCUT2D eigenvalue weighted by molar-refractivity contribution is 5.86. The maximum absolute atomic E-state index is 13.4. The fourth-order valence-electron chi connectivity index (χ4n) is 5.41. The Morgan fingerprint density at radius 2 is 1.54 bits per heavy atom. The van der Waals surface area contributed by atoms with Crippen LogP contribution in [0.5, 0.6) is 0 Å². The number of fused-ring (bicyclic) bond motifs is 1. The third-order valence-corrected chi connectivity index (χ3v) is 7.19. The number of hydrogen-bond acceptors (Lipinski definition) is 5. The number of carbonyl (C=O) groups is 1. The van der Waals surface area contributed by atoms with Gasteiger partial charge in [-0.05, 0) is 42.5 Å². The van der Waals surface area contributed by atoms with E-state index in [1.165, 1.54) is 11.1 Å². The van der Waals surface area contributed by atoms with E-state index in [-0.39, 0.29) is 24.0 Å². The fraction of sp³-hybridized carbons (Fsp3) is 0.310. The Balaban J connectivity index is 1.14. The molecule has 1 atom stereocenters. The molecule has 1 N–H and O–H groups in total. The lowest BCUT2D eigenvalue weighted by Crippen LogP contribution is -2.63. The molecule has 2 aliphatic heterocycles. The van der Waals surface area contributed by atoms with E-state index in [1.807, 2.05) is 29.2 Å². The van der Waals surface area contributed by atoms with Gasteiger partial charge in [0, 0.05) is 19.6 Å². The summed E-state index contributed by atoms with van der Waals surface area (Å²) in [6.45, 7) is 2.44. The quantitative estimate of drug-likeness (QED) is 0.443. The summed E-state index contributed by atoms with van der Waals surface area (Å²) >= 11 is 0. The number of anilines is 1. The van der Waals surface area contributed by atoms with Gasteiger partial charge in [-0.25, -0.2) is 0 Å². The molecule has 2 fully saturated rings. The number of rotatable bonds is 6. The Hall–Kier alpha value is -3.64. The average molecular weight is 467 g/mol. The number of oxazole rings is 1. The fourth-order valence-corrected chi connectivity index (χ4v) is 5.41. The summed E-state index contributed by atoms with van der Waals surface area (Å²) in [5.41, 5.74) is 4.14. The molecule has 2 saturated heterocycles. The summed E-state index contributed by atoms with van der Waals surface area (Å²) < 4.78 is 6.01. The molecule has 1 amide bonds. The van der Waals surface area contributed by atoms with Crippen molar-refractivity contribution in [2.24, 2.45) is 0 Å². The molecular formula is C29H30N4O2. The van der Waals surface area contributed by atoms with Gasteiger partial charge in [0.05, 0.1) is 12.1 Å². The normalized spacial score (nSPS) is 19.1. The van der Waals surface area contributed by atoms with Crippen LogP contribution < -0.4 is 10.2 Å². The van der Waals surface area contributed by atoms with Crippen LogP contribution in [0.25, 0.3) is 11.1 Å². The van der Waals surface area contributed by atoms with Crippen LogP contribution in [-0.2, 0) is 4.79 Å². The summed E-state index contributed by atoms with van der Waals surface area (Å²) in [6.07, 6.45) is 2.89. The molecule has 3 heterocycles. The first-order chi connectivity index (χ1) is 17.3. The number of para-hydroxylation sites is 2. The van der Waals surface area contributed by atoms with E-state index in [2.05, 4.69) is 75.9 Å². The number of benzene rings is 3. The van der Waals surface area contributed by atoms with Gasteiger partial charge in [-0.2, -0.15) is 4.98 Å². The monoisotopic (exact) mass is 466 g/mol. The number of piperidine rings is 1. The minimum absolute atomic E-state index is 0.0765. The third kappa shape index (κ3) is 4.42. The summed E-state index contributed by atoms with van der Waals surface area (Å²) in [4.78, 5) is 22.5. The van der Waals surface area contributed by atoms with Crippen LogP contribution in [0.2, 0.25) is 0 Å². The number of carbonyl (C=O) groups excluding carboxylic acids is 1. The Kier molecular flexibility index (Phi) is 5.96. The first-order valence-electron chi connectivity index (χ1n) is 12.5. The Morgan fingerprint density at radius 3 is 2.23 bits per heavy atom. The van der Waals surface area contributed by atoms with Crippen molar-refractivity contribution in [3.63, 3.8) is 0 Å². The number of nitrogens with zero attached hydrogens (tertiary/aromatic N) is 3. The number of nitrogens with one attached hydrogen (secondary N) is 1. The topological polar surface area (TPSA) is 61.6 Å². The predicted molar refractivity (Wildman–Crippen MR) is 137 cm³/mol. The largest absolute Gasteiger partial charge is 0.423 e. The Bertz CT molecular complexity index is 1210. The van der Waals surface area contributed by atoms with Crippen LogP contribution >= 0.6 is 0 Å². The second-order valence-corrected chi connectivity index (χ2v) is 9.55. The van der Waals surface area contributed by atoms with E-state index in [4.69, 9.17) is 4.42 Å². The van der Waals surface area contributed by atoms with Gasteiger partial charge in [0.25, 0.3) is 6.01 Å². The van der Waals surface area contributed by atoms with E-state index < -0.39 is 0 Å². The van der Waals surface area contributed by atoms with Gasteiger partial charge in [0.2, 0.25) is 5.91 Å². The molecule has 0 aliphatic carbocycles. The predicted octanol–water partition coefficient (Wildman–Crippen LogP) is 4.78. The van der Waals surface area contributed by atoms with E-state index in [0.29, 0.717) is 6.01 Å². The third-order valence-electron chi connectivity index (χ3n) is 7.19. The maximum atomic E-state index is 13.4. The van der Waals surface area contributed by atoms with E-state index >= 15 is 0 Å². The summed E-state index contributed by atoms with van der Waals surface area (Å²) in [7, 11) is 0. The van der Waals surface area contributed by atoms with Crippen LogP contribution in [0, 0.1) is 0 Å². The molecule has 178 valence electrons. The molecule has 6 nitrogen and oxygen atoms in total. The molecule has 4 aromatic rings. The van der Waals surface area contributed by atoms with Crippen LogP contribution in [0.4, 0.5) is 6.01 Å². The summed E-state index contributed by atoms with van der Waals surface area (Å²) in [5, 5.41) is 3.32. The smallest absolute Gasteiger partial charge is 0.299 e. The van der Waals surface area contributed by atoms with Crippen molar-refractivity contribution in [1.29, 1.82) is 0 Å². The van der Waals surface area contributed by atoms with Crippen molar-refractivity contribution >= 4 is 23.0 Å². The molecule has 2 aliphatic rings. The molecule has 0 saturated carbocycles. The van der Waals surface area contributed by atoms with Gasteiger partial charge in [-0.15, -0.1) is 0 Å². The van der Waals surface area contributed by atoms with Gasteiger partial charge >= 0.3 is 0 Å². The van der Waals surface area contributed by atoms with E-state index in [9.17, 15) is 4.79 Å². The second kappa shape index (κ2) is 9.55. The van der Waals surface area contributed by atoms with Gasteiger partial charge in [0.1, 0.15) is 11.6 Å². The van der Waals surface area contributed by atoms with Crippen LogP contribution in [-0.4, -0.2) is 47.5 Å². The van der Waals surface area contributed by atoms with Gasteiger partial charge in [-0.1, -0.05) is 72.8 Å². The molecular weight excluding hydrogens is 436 g/mol. The number of hydrogen-bond donors (Lipinski definition) is 1. The van der Waals surface area contributed by atoms with Crippen molar-refractivity contribution in [3.05, 3.63) is 96.1 Å². The van der Waals surface area contributed by atoms with Gasteiger partial charge < -0.3 is 14.6 Å². The van der Waals surface area contributed by atoms with Gasteiger partial charge in [0.15, 0.2) is 5.58 Å². The van der Waals surface area contributed by atoms with Crippen LogP contribution in [0.3, 0.4) is 0 Å². The molecule has 6 rings (SSSR count). The Morgan fingerprint density at radius 1 is 0.886 bits per heavy atom. The summed E-state index contributed by atoms with van der Waals surface area (Å²) in [6, 6.07) is 29.6. The average Bonchev–Trinajstić information content (AvgIpc) is 3.33.